The van der Waals surface area contributed by atoms with Crippen LogP contribution in [0.2, 0.25) is 0 Å². The van der Waals surface area contributed by atoms with Gasteiger partial charge in [-0.2, -0.15) is 4.98 Å². The maximum atomic E-state index is 6.06. The van der Waals surface area contributed by atoms with Crippen molar-refractivity contribution < 1.29 is 9.26 Å². The molecule has 5 heteroatoms. The standard InChI is InChI=1S/C16H27N3O2/c1-20-14(11-6-3-2-4-7-11)15-18-16(21-19-15)12-8-5-9-13(17)10-12/h11-14H,2-10,17H2,1H3. The number of ether oxygens (including phenoxy) is 1. The average molecular weight is 293 g/mol. The van der Waals surface area contributed by atoms with E-state index in [9.17, 15) is 0 Å². The number of nitrogens with zero attached hydrogens (tertiary/aromatic N) is 2. The molecule has 3 unspecified atom stereocenters. The molecule has 0 aliphatic heterocycles. The Morgan fingerprint density at radius 1 is 1.14 bits per heavy atom. The largest absolute Gasteiger partial charge is 0.373 e. The third-order valence-corrected chi connectivity index (χ3v) is 5.11. The number of nitrogens with two attached hydrogens (primary N) is 1. The molecule has 2 fully saturated rings. The lowest BCUT2D eigenvalue weighted by Gasteiger charge is -2.27. The first-order chi connectivity index (χ1) is 10.3. The van der Waals surface area contributed by atoms with Gasteiger partial charge in [0.2, 0.25) is 11.7 Å². The zero-order valence-electron chi connectivity index (χ0n) is 13.0. The quantitative estimate of drug-likeness (QED) is 0.921. The van der Waals surface area contributed by atoms with E-state index >= 15 is 0 Å². The summed E-state index contributed by atoms with van der Waals surface area (Å²) in [6, 6.07) is 0.274. The van der Waals surface area contributed by atoms with Gasteiger partial charge in [-0.15, -0.1) is 0 Å². The SMILES string of the molecule is COC(c1noc(C2CCCC(N)C2)n1)C1CCCCC1. The van der Waals surface area contributed by atoms with Crippen LogP contribution in [-0.4, -0.2) is 23.3 Å². The Balaban J connectivity index is 1.70. The predicted octanol–water partition coefficient (Wildman–Crippen LogP) is 3.32. The maximum Gasteiger partial charge on any atom is 0.229 e. The van der Waals surface area contributed by atoms with Crippen LogP contribution >= 0.6 is 0 Å². The van der Waals surface area contributed by atoms with Crippen molar-refractivity contribution in [3.8, 4) is 0 Å². The van der Waals surface area contributed by atoms with E-state index in [2.05, 4.69) is 10.1 Å². The lowest BCUT2D eigenvalue weighted by Crippen LogP contribution is -2.27. The van der Waals surface area contributed by atoms with Crippen LogP contribution in [0.4, 0.5) is 0 Å². The molecule has 3 rings (SSSR count). The summed E-state index contributed by atoms with van der Waals surface area (Å²) in [5.41, 5.74) is 6.06. The number of hydrogen-bond acceptors (Lipinski definition) is 5. The van der Waals surface area contributed by atoms with Crippen molar-refractivity contribution in [1.29, 1.82) is 0 Å². The molecule has 1 heterocycles. The van der Waals surface area contributed by atoms with Crippen molar-refractivity contribution in [3.63, 3.8) is 0 Å². The summed E-state index contributed by atoms with van der Waals surface area (Å²) in [5.74, 6) is 2.36. The van der Waals surface area contributed by atoms with Crippen LogP contribution in [0.5, 0.6) is 0 Å². The molecule has 1 aromatic heterocycles. The van der Waals surface area contributed by atoms with E-state index in [4.69, 9.17) is 15.0 Å². The number of rotatable bonds is 4. The van der Waals surface area contributed by atoms with Gasteiger partial charge >= 0.3 is 0 Å². The minimum absolute atomic E-state index is 0.0138. The average Bonchev–Trinajstić information content (AvgIpc) is 2.99. The number of aromatic nitrogens is 2. The highest BCUT2D eigenvalue weighted by Gasteiger charge is 2.31. The Bertz CT molecular complexity index is 442. The maximum absolute atomic E-state index is 6.06. The van der Waals surface area contributed by atoms with Crippen LogP contribution in [0.25, 0.3) is 0 Å². The fraction of sp³-hybridized carbons (Fsp3) is 0.875. The molecule has 0 radical (unpaired) electrons. The summed E-state index contributed by atoms with van der Waals surface area (Å²) in [5, 5.41) is 4.21. The van der Waals surface area contributed by atoms with Crippen LogP contribution in [-0.2, 0) is 4.74 Å². The zero-order chi connectivity index (χ0) is 14.7. The summed E-state index contributed by atoms with van der Waals surface area (Å²) in [7, 11) is 1.76. The van der Waals surface area contributed by atoms with Crippen LogP contribution in [0, 0.1) is 5.92 Å². The lowest BCUT2D eigenvalue weighted by atomic mass is 9.84. The van der Waals surface area contributed by atoms with Gasteiger partial charge in [0.05, 0.1) is 0 Å². The second-order valence-corrected chi connectivity index (χ2v) is 6.67. The third kappa shape index (κ3) is 3.46. The van der Waals surface area contributed by atoms with Crippen molar-refractivity contribution in [3.05, 3.63) is 11.7 Å². The highest BCUT2D eigenvalue weighted by molar-refractivity contribution is 5.01. The van der Waals surface area contributed by atoms with Crippen LogP contribution < -0.4 is 5.73 Å². The first kappa shape index (κ1) is 15.0. The molecule has 2 N–H and O–H groups in total. The molecule has 21 heavy (non-hydrogen) atoms. The van der Waals surface area contributed by atoms with Gasteiger partial charge in [0, 0.05) is 19.1 Å². The van der Waals surface area contributed by atoms with Crippen LogP contribution in [0.15, 0.2) is 4.52 Å². The monoisotopic (exact) mass is 293 g/mol. The van der Waals surface area contributed by atoms with Crippen LogP contribution in [0.3, 0.4) is 0 Å². The van der Waals surface area contributed by atoms with Crippen molar-refractivity contribution in [2.75, 3.05) is 7.11 Å². The summed E-state index contributed by atoms with van der Waals surface area (Å²) in [4.78, 5) is 4.66. The highest BCUT2D eigenvalue weighted by atomic mass is 16.5. The normalized spacial score (nSPS) is 29.4. The first-order valence-electron chi connectivity index (χ1n) is 8.39. The number of hydrogen-bond donors (Lipinski definition) is 1. The van der Waals surface area contributed by atoms with Gasteiger partial charge in [-0.25, -0.2) is 0 Å². The van der Waals surface area contributed by atoms with Gasteiger partial charge in [-0.1, -0.05) is 30.8 Å². The minimum Gasteiger partial charge on any atom is -0.373 e. The molecule has 3 atom stereocenters. The zero-order valence-corrected chi connectivity index (χ0v) is 13.0. The van der Waals surface area contributed by atoms with E-state index in [0.717, 1.165) is 37.4 Å². The molecule has 0 amide bonds. The van der Waals surface area contributed by atoms with E-state index in [1.807, 2.05) is 0 Å². The smallest absolute Gasteiger partial charge is 0.229 e. The molecular weight excluding hydrogens is 266 g/mol. The summed E-state index contributed by atoms with van der Waals surface area (Å²) >= 11 is 0. The van der Waals surface area contributed by atoms with Crippen LogP contribution in [0.1, 0.15) is 81.5 Å². The second-order valence-electron chi connectivity index (χ2n) is 6.67. The van der Waals surface area contributed by atoms with E-state index in [1.54, 1.807) is 7.11 Å². The Labute approximate surface area is 126 Å². The fourth-order valence-corrected chi connectivity index (χ4v) is 3.93. The van der Waals surface area contributed by atoms with Gasteiger partial charge in [0.1, 0.15) is 6.10 Å². The molecule has 118 valence electrons. The van der Waals surface area contributed by atoms with Gasteiger partial charge in [-0.3, -0.25) is 0 Å². The molecule has 2 aliphatic rings. The minimum atomic E-state index is -0.0138. The van der Waals surface area contributed by atoms with Crippen molar-refractivity contribution in [1.82, 2.24) is 10.1 Å². The molecule has 0 aromatic carbocycles. The summed E-state index contributed by atoms with van der Waals surface area (Å²) < 4.78 is 11.2. The fourth-order valence-electron chi connectivity index (χ4n) is 3.93. The third-order valence-electron chi connectivity index (χ3n) is 5.11. The van der Waals surface area contributed by atoms with Gasteiger partial charge < -0.3 is 15.0 Å². The molecule has 5 nitrogen and oxygen atoms in total. The van der Waals surface area contributed by atoms with E-state index in [1.165, 1.54) is 32.1 Å². The molecule has 2 aliphatic carbocycles. The van der Waals surface area contributed by atoms with E-state index in [0.29, 0.717) is 11.8 Å². The molecular formula is C16H27N3O2. The Morgan fingerprint density at radius 2 is 1.95 bits per heavy atom. The van der Waals surface area contributed by atoms with E-state index in [-0.39, 0.29) is 12.1 Å². The molecule has 0 saturated heterocycles. The summed E-state index contributed by atoms with van der Waals surface area (Å²) in [6.07, 6.45) is 10.6. The van der Waals surface area contributed by atoms with Gasteiger partial charge in [0.25, 0.3) is 0 Å². The highest BCUT2D eigenvalue weighted by Crippen LogP contribution is 2.37. The van der Waals surface area contributed by atoms with E-state index < -0.39 is 0 Å². The first-order valence-corrected chi connectivity index (χ1v) is 8.39. The Morgan fingerprint density at radius 3 is 2.67 bits per heavy atom. The molecule has 0 bridgehead atoms. The van der Waals surface area contributed by atoms with Gasteiger partial charge in [0.15, 0.2) is 0 Å². The van der Waals surface area contributed by atoms with Crippen molar-refractivity contribution in [2.24, 2.45) is 11.7 Å². The second kappa shape index (κ2) is 6.88. The molecule has 1 aromatic rings. The predicted molar refractivity (Wildman–Crippen MR) is 79.8 cm³/mol. The Hall–Kier alpha value is -0.940. The molecule has 0 spiro atoms. The Kier molecular flexibility index (Phi) is 4.91. The number of methoxy groups -OCH3 is 1. The molecule has 2 saturated carbocycles. The van der Waals surface area contributed by atoms with Gasteiger partial charge in [-0.05, 0) is 38.0 Å². The van der Waals surface area contributed by atoms with Crippen molar-refractivity contribution in [2.45, 2.75) is 75.9 Å². The summed E-state index contributed by atoms with van der Waals surface area (Å²) in [6.45, 7) is 0. The lowest BCUT2D eigenvalue weighted by molar-refractivity contribution is 0.0273. The topological polar surface area (TPSA) is 74.2 Å². The van der Waals surface area contributed by atoms with Crippen molar-refractivity contribution >= 4 is 0 Å².